The topological polar surface area (TPSA) is 60.2 Å². The molecule has 0 bridgehead atoms. The summed E-state index contributed by atoms with van der Waals surface area (Å²) in [6.45, 7) is 6.12. The molecule has 0 saturated carbocycles. The Kier molecular flexibility index (Phi) is 7.51. The Morgan fingerprint density at radius 2 is 2.10 bits per heavy atom. The normalized spacial score (nSPS) is 33.8. The molecule has 1 rings (SSSR count). The summed E-state index contributed by atoms with van der Waals surface area (Å²) < 4.78 is 0. The molecule has 0 radical (unpaired) electrons. The lowest BCUT2D eigenvalue weighted by Crippen LogP contribution is -2.38. The van der Waals surface area contributed by atoms with Crippen LogP contribution in [0, 0.1) is 10.8 Å². The molecule has 0 aromatic heterocycles. The van der Waals surface area contributed by atoms with E-state index in [4.69, 9.17) is 5.73 Å². The Balaban J connectivity index is 2.92. The number of ketones is 2. The van der Waals surface area contributed by atoms with Gasteiger partial charge in [0.1, 0.15) is 5.78 Å². The third-order valence-electron chi connectivity index (χ3n) is 4.44. The number of thioether (sulfide) groups is 2. The van der Waals surface area contributed by atoms with Gasteiger partial charge in [-0.2, -0.15) is 11.8 Å². The van der Waals surface area contributed by atoms with E-state index in [-0.39, 0.29) is 23.5 Å². The first kappa shape index (κ1) is 18.8. The largest absolute Gasteiger partial charge is 0.324 e. The molecular weight excluding hydrogens is 302 g/mol. The Hall–Kier alpha value is -0.260. The van der Waals surface area contributed by atoms with Gasteiger partial charge in [-0.05, 0) is 18.2 Å². The Bertz CT molecular complexity index is 411. The van der Waals surface area contributed by atoms with Crippen molar-refractivity contribution in [1.82, 2.24) is 0 Å². The minimum absolute atomic E-state index is 0.0575. The average Bonchev–Trinajstić information content (AvgIpc) is 2.49. The highest BCUT2D eigenvalue weighted by Gasteiger charge is 2.36. The van der Waals surface area contributed by atoms with Gasteiger partial charge < -0.3 is 5.73 Å². The SMILES string of the molecule is CC[C@@]1(C)CS/C=C/CSC[C@@](C)(C(=O)CN)CCC1=O. The summed E-state index contributed by atoms with van der Waals surface area (Å²) in [4.78, 5) is 24.8. The monoisotopic (exact) mass is 329 g/mol. The fourth-order valence-corrected chi connectivity index (χ4v) is 4.59. The summed E-state index contributed by atoms with van der Waals surface area (Å²) in [6.07, 6.45) is 4.03. The molecule has 0 amide bonds. The quantitative estimate of drug-likeness (QED) is 0.861. The van der Waals surface area contributed by atoms with Crippen LogP contribution in [0.15, 0.2) is 11.5 Å². The molecule has 120 valence electrons. The zero-order valence-corrected chi connectivity index (χ0v) is 14.9. The second-order valence-electron chi connectivity index (χ2n) is 6.22. The molecule has 0 aromatic rings. The van der Waals surface area contributed by atoms with Crippen molar-refractivity contribution in [3.8, 4) is 0 Å². The summed E-state index contributed by atoms with van der Waals surface area (Å²) in [6, 6.07) is 0. The fourth-order valence-electron chi connectivity index (χ4n) is 2.30. The van der Waals surface area contributed by atoms with E-state index < -0.39 is 5.41 Å². The van der Waals surface area contributed by atoms with Crippen LogP contribution in [0.4, 0.5) is 0 Å². The number of carbonyl (C=O) groups excluding carboxylic acids is 2. The predicted molar refractivity (Wildman–Crippen MR) is 93.7 cm³/mol. The average molecular weight is 330 g/mol. The molecule has 3 nitrogen and oxygen atoms in total. The standard InChI is InChI=1S/C16H27NO2S2/c1-4-15(2)11-20-8-5-9-21-12-16(3,14(19)10-17)7-6-13(15)18/h5,8H,4,6-7,9-12,17H2,1-3H3/b8-5+/t15-,16-/m0/s1. The van der Waals surface area contributed by atoms with Crippen LogP contribution >= 0.6 is 23.5 Å². The predicted octanol–water partition coefficient (Wildman–Crippen LogP) is 3.28. The summed E-state index contributed by atoms with van der Waals surface area (Å²) in [5, 5.41) is 2.08. The maximum Gasteiger partial charge on any atom is 0.153 e. The zero-order chi connectivity index (χ0) is 15.9. The molecule has 2 N–H and O–H groups in total. The van der Waals surface area contributed by atoms with Crippen LogP contribution in [0.2, 0.25) is 0 Å². The fraction of sp³-hybridized carbons (Fsp3) is 0.750. The van der Waals surface area contributed by atoms with Crippen molar-refractivity contribution in [2.75, 3.05) is 23.8 Å². The first-order valence-electron chi connectivity index (χ1n) is 7.49. The number of nitrogens with two attached hydrogens (primary N) is 1. The molecule has 0 aromatic carbocycles. The van der Waals surface area contributed by atoms with Gasteiger partial charge in [0, 0.05) is 34.5 Å². The van der Waals surface area contributed by atoms with Crippen molar-refractivity contribution in [2.45, 2.75) is 40.0 Å². The van der Waals surface area contributed by atoms with Crippen LogP contribution in [-0.2, 0) is 9.59 Å². The van der Waals surface area contributed by atoms with Crippen LogP contribution in [0.5, 0.6) is 0 Å². The minimum atomic E-state index is -0.482. The number of hydrogen-bond acceptors (Lipinski definition) is 5. The van der Waals surface area contributed by atoms with Crippen molar-refractivity contribution in [3.63, 3.8) is 0 Å². The molecule has 0 fully saturated rings. The van der Waals surface area contributed by atoms with Gasteiger partial charge in [-0.25, -0.2) is 0 Å². The van der Waals surface area contributed by atoms with E-state index in [0.717, 1.165) is 23.7 Å². The number of Topliss-reactive ketones (excluding diaryl/α,β-unsaturated/α-hetero) is 2. The van der Waals surface area contributed by atoms with E-state index in [2.05, 4.69) is 18.4 Å². The molecule has 21 heavy (non-hydrogen) atoms. The summed E-state index contributed by atoms with van der Waals surface area (Å²) >= 11 is 3.45. The summed E-state index contributed by atoms with van der Waals surface area (Å²) in [5.74, 6) is 2.78. The van der Waals surface area contributed by atoms with Crippen molar-refractivity contribution < 1.29 is 9.59 Å². The molecule has 0 saturated heterocycles. The van der Waals surface area contributed by atoms with Crippen molar-refractivity contribution >= 4 is 35.1 Å². The first-order chi connectivity index (χ1) is 9.88. The second-order valence-corrected chi connectivity index (χ2v) is 8.15. The molecular formula is C16H27NO2S2. The zero-order valence-electron chi connectivity index (χ0n) is 13.3. The molecule has 5 heteroatoms. The first-order valence-corrected chi connectivity index (χ1v) is 9.69. The maximum atomic E-state index is 12.6. The lowest BCUT2D eigenvalue weighted by atomic mass is 9.77. The molecule has 0 unspecified atom stereocenters. The lowest BCUT2D eigenvalue weighted by Gasteiger charge is -2.31. The summed E-state index contributed by atoms with van der Waals surface area (Å²) in [7, 11) is 0. The summed E-state index contributed by atoms with van der Waals surface area (Å²) in [5.41, 5.74) is 4.78. The Morgan fingerprint density at radius 3 is 2.71 bits per heavy atom. The van der Waals surface area contributed by atoms with Gasteiger partial charge in [-0.3, -0.25) is 9.59 Å². The Labute approximate surface area is 136 Å². The maximum absolute atomic E-state index is 12.6. The van der Waals surface area contributed by atoms with Crippen molar-refractivity contribution in [2.24, 2.45) is 16.6 Å². The van der Waals surface area contributed by atoms with Gasteiger partial charge in [0.2, 0.25) is 0 Å². The molecule has 1 aliphatic rings. The Morgan fingerprint density at radius 1 is 1.38 bits per heavy atom. The van der Waals surface area contributed by atoms with Gasteiger partial charge in [-0.15, -0.1) is 11.8 Å². The van der Waals surface area contributed by atoms with Gasteiger partial charge >= 0.3 is 0 Å². The number of rotatable bonds is 3. The molecule has 1 aliphatic heterocycles. The molecule has 0 aliphatic carbocycles. The third-order valence-corrected chi connectivity index (χ3v) is 6.90. The number of carbonyl (C=O) groups is 2. The van der Waals surface area contributed by atoms with Crippen LogP contribution in [0.3, 0.4) is 0 Å². The van der Waals surface area contributed by atoms with E-state index in [1.54, 1.807) is 23.5 Å². The molecule has 0 spiro atoms. The lowest BCUT2D eigenvalue weighted by molar-refractivity contribution is -0.129. The highest BCUT2D eigenvalue weighted by atomic mass is 32.2. The number of hydrogen-bond donors (Lipinski definition) is 1. The van der Waals surface area contributed by atoms with Crippen molar-refractivity contribution in [1.29, 1.82) is 0 Å². The highest BCUT2D eigenvalue weighted by molar-refractivity contribution is 8.02. The van der Waals surface area contributed by atoms with E-state index >= 15 is 0 Å². The van der Waals surface area contributed by atoms with Gasteiger partial charge in [-0.1, -0.05) is 26.8 Å². The van der Waals surface area contributed by atoms with E-state index in [1.165, 1.54) is 0 Å². The van der Waals surface area contributed by atoms with Gasteiger partial charge in [0.25, 0.3) is 0 Å². The smallest absolute Gasteiger partial charge is 0.153 e. The van der Waals surface area contributed by atoms with Crippen molar-refractivity contribution in [3.05, 3.63) is 11.5 Å². The third kappa shape index (κ3) is 5.15. The van der Waals surface area contributed by atoms with E-state index in [9.17, 15) is 9.59 Å². The molecule has 1 heterocycles. The van der Waals surface area contributed by atoms with Gasteiger partial charge in [0.05, 0.1) is 6.54 Å². The molecule has 2 atom stereocenters. The van der Waals surface area contributed by atoms with Crippen LogP contribution < -0.4 is 5.73 Å². The van der Waals surface area contributed by atoms with E-state index in [1.807, 2.05) is 13.8 Å². The van der Waals surface area contributed by atoms with Gasteiger partial charge in [0.15, 0.2) is 5.78 Å². The van der Waals surface area contributed by atoms with Crippen LogP contribution in [0.1, 0.15) is 40.0 Å². The second kappa shape index (κ2) is 8.39. The highest BCUT2D eigenvalue weighted by Crippen LogP contribution is 2.35. The van der Waals surface area contributed by atoms with Crippen LogP contribution in [-0.4, -0.2) is 35.4 Å². The van der Waals surface area contributed by atoms with E-state index in [0.29, 0.717) is 12.8 Å². The van der Waals surface area contributed by atoms with Crippen LogP contribution in [0.25, 0.3) is 0 Å². The minimum Gasteiger partial charge on any atom is -0.324 e.